The summed E-state index contributed by atoms with van der Waals surface area (Å²) in [6.07, 6.45) is 5.22. The van der Waals surface area contributed by atoms with Crippen LogP contribution in [0.2, 0.25) is 0 Å². The van der Waals surface area contributed by atoms with E-state index in [9.17, 15) is 4.79 Å². The Morgan fingerprint density at radius 3 is 2.89 bits per heavy atom. The summed E-state index contributed by atoms with van der Waals surface area (Å²) in [7, 11) is 0. The average Bonchev–Trinajstić information content (AvgIpc) is 1.90. The maximum Gasteiger partial charge on any atom is 0.250 e. The zero-order valence-electron chi connectivity index (χ0n) is 4.73. The number of allylic oxidation sites excluding steroid dienone is 2. The number of halogens is 1. The van der Waals surface area contributed by atoms with Gasteiger partial charge in [0.05, 0.1) is 0 Å². The van der Waals surface area contributed by atoms with Gasteiger partial charge >= 0.3 is 0 Å². The molecule has 0 amide bonds. The van der Waals surface area contributed by atoms with Gasteiger partial charge in [0.25, 0.3) is 0 Å². The van der Waals surface area contributed by atoms with Crippen LogP contribution in [0.1, 0.15) is 0 Å². The highest BCUT2D eigenvalue weighted by atomic mass is 35.5. The first kappa shape index (κ1) is 6.36. The minimum atomic E-state index is -0.383. The predicted octanol–water partition coefficient (Wildman–Crippen LogP) is 0.795. The molecule has 1 heterocycles. The molecular formula is C6H6ClNO. The van der Waals surface area contributed by atoms with Crippen molar-refractivity contribution in [2.75, 3.05) is 6.54 Å². The summed E-state index contributed by atoms with van der Waals surface area (Å²) in [5.41, 5.74) is 0.610. The lowest BCUT2D eigenvalue weighted by Crippen LogP contribution is -2.15. The molecule has 0 aliphatic carbocycles. The molecule has 1 rings (SSSR count). The molecule has 1 aliphatic rings. The normalized spacial score (nSPS) is 16.3. The van der Waals surface area contributed by atoms with Gasteiger partial charge in [0.2, 0.25) is 5.24 Å². The van der Waals surface area contributed by atoms with Gasteiger partial charge in [0, 0.05) is 12.1 Å². The Balaban J connectivity index is 2.68. The molecule has 1 N–H and O–H groups in total. The lowest BCUT2D eigenvalue weighted by atomic mass is 10.2. The van der Waals surface area contributed by atoms with Crippen molar-refractivity contribution in [2.45, 2.75) is 0 Å². The van der Waals surface area contributed by atoms with Gasteiger partial charge in [-0.05, 0) is 23.9 Å². The third-order valence-electron chi connectivity index (χ3n) is 1.06. The van der Waals surface area contributed by atoms with Crippen molar-refractivity contribution < 1.29 is 4.79 Å². The van der Waals surface area contributed by atoms with Crippen molar-refractivity contribution in [1.29, 1.82) is 0 Å². The van der Waals surface area contributed by atoms with Crippen LogP contribution in [0, 0.1) is 0 Å². The SMILES string of the molecule is O=C(Cl)C1=CC=CNC1. The predicted molar refractivity (Wildman–Crippen MR) is 36.1 cm³/mol. The van der Waals surface area contributed by atoms with Crippen molar-refractivity contribution in [2.24, 2.45) is 0 Å². The van der Waals surface area contributed by atoms with E-state index in [0.717, 1.165) is 0 Å². The third-order valence-corrected chi connectivity index (χ3v) is 1.30. The second kappa shape index (κ2) is 2.69. The van der Waals surface area contributed by atoms with Gasteiger partial charge in [-0.2, -0.15) is 0 Å². The number of rotatable bonds is 1. The van der Waals surface area contributed by atoms with Crippen LogP contribution < -0.4 is 5.32 Å². The van der Waals surface area contributed by atoms with Gasteiger partial charge in [0.15, 0.2) is 0 Å². The zero-order valence-corrected chi connectivity index (χ0v) is 5.48. The molecule has 1 aliphatic heterocycles. The van der Waals surface area contributed by atoms with Crippen molar-refractivity contribution in [1.82, 2.24) is 5.32 Å². The van der Waals surface area contributed by atoms with Gasteiger partial charge in [-0.1, -0.05) is 6.08 Å². The standard InChI is InChI=1S/C6H6ClNO/c7-6(9)5-2-1-3-8-4-5/h1-3,8H,4H2. The monoisotopic (exact) mass is 143 g/mol. The number of carbonyl (C=O) groups excluding carboxylic acids is 1. The van der Waals surface area contributed by atoms with E-state index in [0.29, 0.717) is 12.1 Å². The van der Waals surface area contributed by atoms with E-state index in [1.165, 1.54) is 0 Å². The van der Waals surface area contributed by atoms with Gasteiger partial charge < -0.3 is 5.32 Å². The average molecular weight is 144 g/mol. The van der Waals surface area contributed by atoms with Crippen LogP contribution in [0.25, 0.3) is 0 Å². The molecule has 9 heavy (non-hydrogen) atoms. The Hall–Kier alpha value is -0.760. The molecule has 48 valence electrons. The zero-order chi connectivity index (χ0) is 6.69. The van der Waals surface area contributed by atoms with Crippen molar-refractivity contribution in [3.63, 3.8) is 0 Å². The fourth-order valence-electron chi connectivity index (χ4n) is 0.595. The van der Waals surface area contributed by atoms with Crippen LogP contribution in [0.5, 0.6) is 0 Å². The lowest BCUT2D eigenvalue weighted by Gasteiger charge is -2.04. The van der Waals surface area contributed by atoms with E-state index in [1.54, 1.807) is 18.4 Å². The molecule has 2 nitrogen and oxygen atoms in total. The Bertz CT molecular complexity index is 183. The first-order valence-electron chi connectivity index (χ1n) is 2.59. The summed E-state index contributed by atoms with van der Waals surface area (Å²) in [4.78, 5) is 10.4. The van der Waals surface area contributed by atoms with E-state index in [4.69, 9.17) is 11.6 Å². The van der Waals surface area contributed by atoms with E-state index in [2.05, 4.69) is 5.32 Å². The second-order valence-corrected chi connectivity index (χ2v) is 2.05. The van der Waals surface area contributed by atoms with E-state index in [-0.39, 0.29) is 5.24 Å². The highest BCUT2D eigenvalue weighted by Crippen LogP contribution is 2.01. The summed E-state index contributed by atoms with van der Waals surface area (Å²) in [5, 5.41) is 2.48. The molecule has 0 aromatic heterocycles. The largest absolute Gasteiger partial charge is 0.387 e. The fourth-order valence-corrected chi connectivity index (χ4v) is 0.725. The van der Waals surface area contributed by atoms with Crippen LogP contribution in [0.4, 0.5) is 0 Å². The minimum Gasteiger partial charge on any atom is -0.387 e. The maximum atomic E-state index is 10.4. The fraction of sp³-hybridized carbons (Fsp3) is 0.167. The first-order valence-corrected chi connectivity index (χ1v) is 2.97. The van der Waals surface area contributed by atoms with Gasteiger partial charge in [0.1, 0.15) is 0 Å². The van der Waals surface area contributed by atoms with Crippen molar-refractivity contribution in [3.8, 4) is 0 Å². The Kier molecular flexibility index (Phi) is 1.90. The quantitative estimate of drug-likeness (QED) is 0.550. The molecule has 0 saturated heterocycles. The number of nitrogens with one attached hydrogen (secondary N) is 1. The Morgan fingerprint density at radius 2 is 2.56 bits per heavy atom. The van der Waals surface area contributed by atoms with Crippen LogP contribution in [0.15, 0.2) is 23.9 Å². The molecule has 0 aromatic rings. The molecule has 0 radical (unpaired) electrons. The van der Waals surface area contributed by atoms with Crippen molar-refractivity contribution in [3.05, 3.63) is 23.9 Å². The number of hydrogen-bond donors (Lipinski definition) is 1. The second-order valence-electron chi connectivity index (χ2n) is 1.71. The Labute approximate surface area is 58.2 Å². The van der Waals surface area contributed by atoms with Gasteiger partial charge in [-0.3, -0.25) is 4.79 Å². The number of carbonyl (C=O) groups is 1. The molecule has 3 heteroatoms. The lowest BCUT2D eigenvalue weighted by molar-refractivity contribution is -0.108. The highest BCUT2D eigenvalue weighted by Gasteiger charge is 2.04. The van der Waals surface area contributed by atoms with Gasteiger partial charge in [-0.15, -0.1) is 0 Å². The molecule has 0 saturated carbocycles. The highest BCUT2D eigenvalue weighted by molar-refractivity contribution is 6.67. The number of hydrogen-bond acceptors (Lipinski definition) is 2. The molecule has 0 fully saturated rings. The molecule has 0 spiro atoms. The molecule has 0 unspecified atom stereocenters. The van der Waals surface area contributed by atoms with E-state index in [1.807, 2.05) is 0 Å². The van der Waals surface area contributed by atoms with Crippen LogP contribution in [-0.2, 0) is 4.79 Å². The molecule has 0 aromatic carbocycles. The van der Waals surface area contributed by atoms with Crippen LogP contribution in [0.3, 0.4) is 0 Å². The topological polar surface area (TPSA) is 29.1 Å². The third kappa shape index (κ3) is 1.57. The smallest absolute Gasteiger partial charge is 0.250 e. The van der Waals surface area contributed by atoms with E-state index < -0.39 is 0 Å². The van der Waals surface area contributed by atoms with E-state index >= 15 is 0 Å². The van der Waals surface area contributed by atoms with Crippen LogP contribution >= 0.6 is 11.6 Å². The summed E-state index contributed by atoms with van der Waals surface area (Å²) >= 11 is 5.18. The van der Waals surface area contributed by atoms with Crippen LogP contribution in [-0.4, -0.2) is 11.8 Å². The summed E-state index contributed by atoms with van der Waals surface area (Å²) in [6, 6.07) is 0. The number of dihydropyridines is 1. The summed E-state index contributed by atoms with van der Waals surface area (Å²) in [5.74, 6) is 0. The molecular weight excluding hydrogens is 138 g/mol. The summed E-state index contributed by atoms with van der Waals surface area (Å²) in [6.45, 7) is 0.541. The molecule has 0 bridgehead atoms. The van der Waals surface area contributed by atoms with Crippen molar-refractivity contribution >= 4 is 16.8 Å². The van der Waals surface area contributed by atoms with Gasteiger partial charge in [-0.25, -0.2) is 0 Å². The maximum absolute atomic E-state index is 10.4. The Morgan fingerprint density at radius 1 is 1.78 bits per heavy atom. The minimum absolute atomic E-state index is 0.383. The molecule has 0 atom stereocenters. The summed E-state index contributed by atoms with van der Waals surface area (Å²) < 4.78 is 0. The first-order chi connectivity index (χ1) is 4.30.